The molecule has 0 N–H and O–H groups in total. The topological polar surface area (TPSA) is 0 Å². The van der Waals surface area contributed by atoms with Gasteiger partial charge >= 0.3 is 0 Å². The molecule has 0 spiro atoms. The fourth-order valence-electron chi connectivity index (χ4n) is 2.22. The molecule has 1 heterocycles. The third kappa shape index (κ3) is 3.06. The van der Waals surface area contributed by atoms with Crippen molar-refractivity contribution in [3.05, 3.63) is 0 Å². The molecule has 0 amide bonds. The van der Waals surface area contributed by atoms with Crippen LogP contribution in [0.2, 0.25) is 0 Å². The summed E-state index contributed by atoms with van der Waals surface area (Å²) in [5, 5.41) is 0. The van der Waals surface area contributed by atoms with Gasteiger partial charge in [0.1, 0.15) is 0 Å². The summed E-state index contributed by atoms with van der Waals surface area (Å²) in [6.45, 7) is 10.2. The maximum absolute atomic E-state index is 2.34. The van der Waals surface area contributed by atoms with Crippen molar-refractivity contribution in [3.63, 3.8) is 0 Å². The quantitative estimate of drug-likeness (QED) is 0.563. The summed E-state index contributed by atoms with van der Waals surface area (Å²) in [5.74, 6) is 0. The van der Waals surface area contributed by atoms with Crippen LogP contribution in [0.4, 0.5) is 0 Å². The average Bonchev–Trinajstić information content (AvgIpc) is 2.30. The Labute approximate surface area is 87.5 Å². The molecule has 0 aromatic carbocycles. The molecule has 0 aromatic rings. The van der Waals surface area contributed by atoms with Crippen LogP contribution in [0.5, 0.6) is 0 Å². The highest BCUT2D eigenvalue weighted by Gasteiger charge is 2.23. The van der Waals surface area contributed by atoms with Crippen molar-refractivity contribution in [2.75, 3.05) is 26.2 Å². The van der Waals surface area contributed by atoms with Crippen molar-refractivity contribution in [1.82, 2.24) is 0 Å². The number of halogens is 1. The minimum atomic E-state index is 0. The molecule has 2 heteroatoms. The van der Waals surface area contributed by atoms with Gasteiger partial charge in [0.25, 0.3) is 0 Å². The van der Waals surface area contributed by atoms with Crippen LogP contribution in [-0.4, -0.2) is 30.7 Å². The average molecular weight is 236 g/mol. The lowest BCUT2D eigenvalue weighted by Crippen LogP contribution is -3.00. The Morgan fingerprint density at radius 2 is 1.25 bits per heavy atom. The Hall–Kier alpha value is 0.440. The molecule has 12 heavy (non-hydrogen) atoms. The molecule has 1 aliphatic rings. The third-order valence-electron chi connectivity index (χ3n) is 3.36. The standard InChI is InChI=1S/C10H22N.BrH/c1-3-11(4-2)9-7-5-6-8-10-11;/h3-10H2,1-2H3;1H/q+1;/p-1. The molecule has 0 radical (unpaired) electrons. The fourth-order valence-corrected chi connectivity index (χ4v) is 2.22. The van der Waals surface area contributed by atoms with Crippen molar-refractivity contribution in [3.8, 4) is 0 Å². The van der Waals surface area contributed by atoms with Gasteiger partial charge in [0, 0.05) is 0 Å². The molecular formula is C10H22BrN. The van der Waals surface area contributed by atoms with Gasteiger partial charge in [-0.3, -0.25) is 0 Å². The molecular weight excluding hydrogens is 214 g/mol. The third-order valence-corrected chi connectivity index (χ3v) is 3.36. The van der Waals surface area contributed by atoms with Crippen molar-refractivity contribution in [2.45, 2.75) is 39.5 Å². The van der Waals surface area contributed by atoms with E-state index in [4.69, 9.17) is 0 Å². The van der Waals surface area contributed by atoms with E-state index < -0.39 is 0 Å². The predicted molar refractivity (Wildman–Crippen MR) is 49.5 cm³/mol. The molecule has 0 aromatic heterocycles. The lowest BCUT2D eigenvalue weighted by atomic mass is 10.2. The van der Waals surface area contributed by atoms with Crippen LogP contribution in [0.1, 0.15) is 39.5 Å². The van der Waals surface area contributed by atoms with Gasteiger partial charge in [-0.1, -0.05) is 0 Å². The van der Waals surface area contributed by atoms with Crippen LogP contribution in [0.3, 0.4) is 0 Å². The first-order valence-electron chi connectivity index (χ1n) is 5.18. The van der Waals surface area contributed by atoms with Crippen molar-refractivity contribution in [1.29, 1.82) is 0 Å². The first-order valence-corrected chi connectivity index (χ1v) is 5.18. The Balaban J connectivity index is 0.00000121. The van der Waals surface area contributed by atoms with Gasteiger partial charge in [0.2, 0.25) is 0 Å². The fraction of sp³-hybridized carbons (Fsp3) is 1.00. The van der Waals surface area contributed by atoms with Crippen molar-refractivity contribution in [2.24, 2.45) is 0 Å². The molecule has 1 rings (SSSR count). The molecule has 0 aliphatic carbocycles. The highest BCUT2D eigenvalue weighted by Crippen LogP contribution is 2.17. The minimum absolute atomic E-state index is 0. The van der Waals surface area contributed by atoms with Crippen LogP contribution >= 0.6 is 0 Å². The van der Waals surface area contributed by atoms with Crippen molar-refractivity contribution < 1.29 is 21.5 Å². The van der Waals surface area contributed by atoms with E-state index in [1.807, 2.05) is 0 Å². The number of hydrogen-bond donors (Lipinski definition) is 0. The zero-order chi connectivity index (χ0) is 8.16. The second-order valence-electron chi connectivity index (χ2n) is 3.84. The summed E-state index contributed by atoms with van der Waals surface area (Å²) in [6, 6.07) is 0. The van der Waals surface area contributed by atoms with Crippen molar-refractivity contribution >= 4 is 0 Å². The van der Waals surface area contributed by atoms with E-state index in [0.29, 0.717) is 0 Å². The summed E-state index contributed by atoms with van der Waals surface area (Å²) >= 11 is 0. The molecule has 1 saturated heterocycles. The normalized spacial score (nSPS) is 22.5. The second-order valence-corrected chi connectivity index (χ2v) is 3.84. The number of quaternary nitrogens is 1. The first-order chi connectivity index (χ1) is 5.33. The molecule has 0 atom stereocenters. The molecule has 1 fully saturated rings. The molecule has 1 aliphatic heterocycles. The van der Waals surface area contributed by atoms with E-state index in [1.54, 1.807) is 0 Å². The van der Waals surface area contributed by atoms with E-state index in [9.17, 15) is 0 Å². The van der Waals surface area contributed by atoms with E-state index in [1.165, 1.54) is 56.3 Å². The maximum Gasteiger partial charge on any atom is 0.0786 e. The summed E-state index contributed by atoms with van der Waals surface area (Å²) in [7, 11) is 0. The first kappa shape index (κ1) is 12.4. The number of rotatable bonds is 2. The Bertz CT molecular complexity index is 100. The zero-order valence-electron chi connectivity index (χ0n) is 8.48. The highest BCUT2D eigenvalue weighted by molar-refractivity contribution is 4.51. The van der Waals surface area contributed by atoms with Gasteiger partial charge in [-0.05, 0) is 39.5 Å². The molecule has 0 saturated carbocycles. The maximum atomic E-state index is 2.34. The van der Waals surface area contributed by atoms with Gasteiger partial charge in [-0.25, -0.2) is 0 Å². The second kappa shape index (κ2) is 5.98. The Morgan fingerprint density at radius 1 is 0.833 bits per heavy atom. The van der Waals surface area contributed by atoms with E-state index >= 15 is 0 Å². The van der Waals surface area contributed by atoms with Gasteiger partial charge < -0.3 is 21.5 Å². The zero-order valence-corrected chi connectivity index (χ0v) is 10.1. The number of nitrogens with zero attached hydrogens (tertiary/aromatic N) is 1. The molecule has 74 valence electrons. The summed E-state index contributed by atoms with van der Waals surface area (Å²) in [4.78, 5) is 0. The van der Waals surface area contributed by atoms with Gasteiger partial charge in [-0.15, -0.1) is 0 Å². The van der Waals surface area contributed by atoms with Crippen LogP contribution in [0, 0.1) is 0 Å². The highest BCUT2D eigenvalue weighted by atomic mass is 79.9. The van der Waals surface area contributed by atoms with E-state index in [0.717, 1.165) is 0 Å². The van der Waals surface area contributed by atoms with Crippen LogP contribution in [0.25, 0.3) is 0 Å². The smallest absolute Gasteiger partial charge is 0.0786 e. The minimum Gasteiger partial charge on any atom is -1.00 e. The molecule has 0 unspecified atom stereocenters. The lowest BCUT2D eigenvalue weighted by Gasteiger charge is -2.35. The monoisotopic (exact) mass is 235 g/mol. The number of likely N-dealkylation sites (tertiary alicyclic amines) is 1. The van der Waals surface area contributed by atoms with Gasteiger partial charge in [0.15, 0.2) is 0 Å². The summed E-state index contributed by atoms with van der Waals surface area (Å²) in [6.07, 6.45) is 5.86. The van der Waals surface area contributed by atoms with E-state index in [2.05, 4.69) is 13.8 Å². The van der Waals surface area contributed by atoms with Crippen LogP contribution < -0.4 is 17.0 Å². The summed E-state index contributed by atoms with van der Waals surface area (Å²) in [5.41, 5.74) is 0. The predicted octanol–water partition coefficient (Wildman–Crippen LogP) is -0.579. The van der Waals surface area contributed by atoms with Crippen LogP contribution in [-0.2, 0) is 0 Å². The van der Waals surface area contributed by atoms with Crippen LogP contribution in [0.15, 0.2) is 0 Å². The largest absolute Gasteiger partial charge is 1.00 e. The Morgan fingerprint density at radius 3 is 1.58 bits per heavy atom. The van der Waals surface area contributed by atoms with E-state index in [-0.39, 0.29) is 17.0 Å². The van der Waals surface area contributed by atoms with Gasteiger partial charge in [-0.2, -0.15) is 0 Å². The Kier molecular flexibility index (Phi) is 6.20. The lowest BCUT2D eigenvalue weighted by molar-refractivity contribution is -0.924. The summed E-state index contributed by atoms with van der Waals surface area (Å²) < 4.78 is 1.39. The molecule has 1 nitrogen and oxygen atoms in total. The molecule has 0 bridgehead atoms. The SMILES string of the molecule is CC[N+]1(CC)CCCCCC1.[Br-]. The van der Waals surface area contributed by atoms with Gasteiger partial charge in [0.05, 0.1) is 26.2 Å². The number of hydrogen-bond acceptors (Lipinski definition) is 0.